The summed E-state index contributed by atoms with van der Waals surface area (Å²) in [4.78, 5) is 38.8. The monoisotopic (exact) mass is 918 g/mol. The second kappa shape index (κ2) is 19.8. The smallest absolute Gasteiger partial charge is 0.243 e. The first-order valence-corrected chi connectivity index (χ1v) is 23.3. The SMILES string of the molecule is C=C/C=C\C=C(/C)N(c1ccccc1)c1ccc(C2=NC3=NC(c4ccc(N(c5ccccc5)c5ccccc5)cc4)=NC4=NC(c5ccc(N(c6ccccc6)c6ccccc6)cc5)=NC(=N2)N34)cc1. The number of rotatable bonds is 14. The third-order valence-electron chi connectivity index (χ3n) is 12.0. The summed E-state index contributed by atoms with van der Waals surface area (Å²) in [6.45, 7) is 5.91. The zero-order valence-electron chi connectivity index (χ0n) is 38.9. The molecule has 8 aromatic rings. The van der Waals surface area contributed by atoms with Crippen LogP contribution in [0, 0.1) is 0 Å². The van der Waals surface area contributed by atoms with Crippen molar-refractivity contribution in [3.05, 3.63) is 278 Å². The fraction of sp³-hybridized carbons (Fsp3) is 0.0164. The minimum atomic E-state index is 0.371. The molecule has 0 aromatic heterocycles. The molecule has 0 unspecified atom stereocenters. The molecule has 0 N–H and O–H groups in total. The van der Waals surface area contributed by atoms with Gasteiger partial charge in [0, 0.05) is 67.9 Å². The Hall–Kier alpha value is -9.80. The fourth-order valence-electron chi connectivity index (χ4n) is 8.64. The van der Waals surface area contributed by atoms with Crippen LogP contribution in [-0.4, -0.2) is 40.3 Å². The van der Waals surface area contributed by atoms with E-state index in [-0.39, 0.29) is 0 Å². The van der Waals surface area contributed by atoms with E-state index in [4.69, 9.17) is 30.0 Å². The third kappa shape index (κ3) is 9.16. The van der Waals surface area contributed by atoms with Gasteiger partial charge in [0.2, 0.25) is 17.9 Å². The maximum absolute atomic E-state index is 5.08. The van der Waals surface area contributed by atoms with Crippen LogP contribution in [0.4, 0.5) is 45.5 Å². The van der Waals surface area contributed by atoms with Gasteiger partial charge < -0.3 is 14.7 Å². The number of hydrogen-bond acceptors (Lipinski definition) is 10. The van der Waals surface area contributed by atoms with Crippen LogP contribution in [0.1, 0.15) is 23.6 Å². The molecule has 11 rings (SSSR count). The largest absolute Gasteiger partial charge is 0.315 e. The van der Waals surface area contributed by atoms with Gasteiger partial charge in [-0.2, -0.15) is 30.0 Å². The van der Waals surface area contributed by atoms with Crippen molar-refractivity contribution in [2.24, 2.45) is 30.0 Å². The van der Waals surface area contributed by atoms with Crippen molar-refractivity contribution in [1.29, 1.82) is 0 Å². The predicted molar refractivity (Wildman–Crippen MR) is 294 cm³/mol. The molecule has 0 radical (unpaired) electrons. The highest BCUT2D eigenvalue weighted by atomic mass is 15.5. The van der Waals surface area contributed by atoms with Gasteiger partial charge in [-0.05, 0) is 146 Å². The number of para-hydroxylation sites is 5. The number of guanidine groups is 3. The summed E-state index contributed by atoms with van der Waals surface area (Å²) in [5.74, 6) is 2.52. The van der Waals surface area contributed by atoms with Crippen molar-refractivity contribution in [3.8, 4) is 0 Å². The highest BCUT2D eigenvalue weighted by Gasteiger charge is 2.36. The molecular weight excluding hydrogens is 873 g/mol. The van der Waals surface area contributed by atoms with Crippen LogP contribution < -0.4 is 14.7 Å². The summed E-state index contributed by atoms with van der Waals surface area (Å²) in [5.41, 5.74) is 11.6. The van der Waals surface area contributed by atoms with E-state index < -0.39 is 0 Å². The van der Waals surface area contributed by atoms with Crippen molar-refractivity contribution >= 4 is 80.9 Å². The Morgan fingerprint density at radius 1 is 0.352 bits per heavy atom. The Morgan fingerprint density at radius 3 is 0.958 bits per heavy atom. The number of allylic oxidation sites excluding steroid dienone is 5. The molecule has 0 atom stereocenters. The van der Waals surface area contributed by atoms with Gasteiger partial charge in [0.05, 0.1) is 0 Å². The van der Waals surface area contributed by atoms with Gasteiger partial charge >= 0.3 is 0 Å². The summed E-state index contributed by atoms with van der Waals surface area (Å²) in [5, 5.41) is 0. The van der Waals surface area contributed by atoms with Crippen molar-refractivity contribution in [1.82, 2.24) is 4.90 Å². The average Bonchev–Trinajstić information content (AvgIpc) is 3.43. The number of hydrogen-bond donors (Lipinski definition) is 0. The maximum atomic E-state index is 5.08. The Balaban J connectivity index is 0.984. The first kappa shape index (κ1) is 43.8. The van der Waals surface area contributed by atoms with Crippen LogP contribution in [0.5, 0.6) is 0 Å². The lowest BCUT2D eigenvalue weighted by Gasteiger charge is -2.31. The van der Waals surface area contributed by atoms with Crippen LogP contribution in [-0.2, 0) is 0 Å². The first-order valence-electron chi connectivity index (χ1n) is 23.3. The van der Waals surface area contributed by atoms with Crippen LogP contribution in [0.2, 0.25) is 0 Å². The van der Waals surface area contributed by atoms with Gasteiger partial charge in [-0.1, -0.05) is 116 Å². The summed E-state index contributed by atoms with van der Waals surface area (Å²) < 4.78 is 0. The van der Waals surface area contributed by atoms with Gasteiger partial charge in [0.1, 0.15) is 0 Å². The van der Waals surface area contributed by atoms with Crippen molar-refractivity contribution in [2.45, 2.75) is 6.92 Å². The molecule has 0 bridgehead atoms. The van der Waals surface area contributed by atoms with E-state index in [9.17, 15) is 0 Å². The summed E-state index contributed by atoms with van der Waals surface area (Å²) >= 11 is 0. The van der Waals surface area contributed by atoms with E-state index in [1.165, 1.54) is 0 Å². The molecule has 0 saturated heterocycles. The molecular formula is C61H46N10. The lowest BCUT2D eigenvalue weighted by atomic mass is 10.1. The van der Waals surface area contributed by atoms with Gasteiger partial charge in [-0.15, -0.1) is 0 Å². The molecule has 0 saturated carbocycles. The molecule has 0 aliphatic carbocycles. The molecule has 3 aliphatic rings. The normalized spacial score (nSPS) is 14.0. The van der Waals surface area contributed by atoms with Gasteiger partial charge in [0.15, 0.2) is 17.5 Å². The van der Waals surface area contributed by atoms with Gasteiger partial charge in [0.25, 0.3) is 0 Å². The molecule has 71 heavy (non-hydrogen) atoms. The lowest BCUT2D eigenvalue weighted by Crippen LogP contribution is -2.48. The third-order valence-corrected chi connectivity index (χ3v) is 12.0. The van der Waals surface area contributed by atoms with E-state index >= 15 is 0 Å². The Bertz CT molecular complexity index is 3250. The first-order chi connectivity index (χ1) is 35.1. The number of aliphatic imine (C=N–C) groups is 6. The fourth-order valence-corrected chi connectivity index (χ4v) is 8.64. The van der Waals surface area contributed by atoms with Gasteiger partial charge in [-0.3, -0.25) is 0 Å². The van der Waals surface area contributed by atoms with E-state index in [0.29, 0.717) is 35.4 Å². The van der Waals surface area contributed by atoms with Crippen molar-refractivity contribution < 1.29 is 0 Å². The number of amidine groups is 3. The van der Waals surface area contributed by atoms with E-state index in [2.05, 4.69) is 131 Å². The molecule has 0 amide bonds. The quantitative estimate of drug-likeness (QED) is 0.102. The van der Waals surface area contributed by atoms with Gasteiger partial charge in [-0.25, -0.2) is 4.90 Å². The van der Waals surface area contributed by atoms with Crippen molar-refractivity contribution in [3.63, 3.8) is 0 Å². The summed E-state index contributed by atoms with van der Waals surface area (Å²) in [6.07, 6.45) is 7.74. The van der Waals surface area contributed by atoms with Crippen LogP contribution >= 0.6 is 0 Å². The second-order valence-corrected chi connectivity index (χ2v) is 16.6. The molecule has 340 valence electrons. The molecule has 0 spiro atoms. The molecule has 0 fully saturated rings. The number of nitrogens with zero attached hydrogens (tertiary/aromatic N) is 10. The highest BCUT2D eigenvalue weighted by Crippen LogP contribution is 2.37. The van der Waals surface area contributed by atoms with Crippen molar-refractivity contribution in [2.75, 3.05) is 14.7 Å². The maximum Gasteiger partial charge on any atom is 0.243 e. The predicted octanol–water partition coefficient (Wildman–Crippen LogP) is 14.5. The Morgan fingerprint density at radius 2 is 0.634 bits per heavy atom. The van der Waals surface area contributed by atoms with E-state index in [1.54, 1.807) is 11.0 Å². The molecule has 10 heteroatoms. The summed E-state index contributed by atoms with van der Waals surface area (Å²) in [7, 11) is 0. The Labute approximate surface area is 413 Å². The van der Waals surface area contributed by atoms with Crippen LogP contribution in [0.15, 0.2) is 291 Å². The molecule has 3 aliphatic heterocycles. The lowest BCUT2D eigenvalue weighted by molar-refractivity contribution is 0.828. The minimum Gasteiger partial charge on any atom is -0.315 e. The highest BCUT2D eigenvalue weighted by molar-refractivity contribution is 6.34. The number of benzene rings is 8. The zero-order valence-corrected chi connectivity index (χ0v) is 38.9. The number of anilines is 8. The molecule has 8 aromatic carbocycles. The van der Waals surface area contributed by atoms with E-state index in [1.807, 2.05) is 140 Å². The summed E-state index contributed by atoms with van der Waals surface area (Å²) in [6, 6.07) is 76.4. The molecule has 3 heterocycles. The van der Waals surface area contributed by atoms with Crippen LogP contribution in [0.25, 0.3) is 0 Å². The second-order valence-electron chi connectivity index (χ2n) is 16.6. The molecule has 10 nitrogen and oxygen atoms in total. The topological polar surface area (TPSA) is 87.1 Å². The van der Waals surface area contributed by atoms with Crippen LogP contribution in [0.3, 0.4) is 0 Å². The average molecular weight is 919 g/mol. The standard InChI is InChI=1S/C61H46N10/c1-3-4-10-21-44(2)68(48-22-11-5-12-23-48)53-38-32-45(33-39-53)56-62-59-64-57(46-34-40-54(41-35-46)69(49-24-13-6-14-25-49)50-26-15-7-16-27-50)66-61-67-58(65-60(63-56)71(59)61)47-36-42-55(43-37-47)70(51-28-17-8-18-29-51)52-30-19-9-20-31-52/h3-43H,1H2,2H3/b10-4-,44-21+. The zero-order chi connectivity index (χ0) is 47.9. The Kier molecular flexibility index (Phi) is 12.2. The van der Waals surface area contributed by atoms with E-state index in [0.717, 1.165) is 67.9 Å². The minimum absolute atomic E-state index is 0.371.